The molecule has 1 atom stereocenters. The Hall–Kier alpha value is -2.48. The first-order valence-corrected chi connectivity index (χ1v) is 8.95. The van der Waals surface area contributed by atoms with Crippen molar-refractivity contribution in [2.24, 2.45) is 0 Å². The molecule has 7 heteroatoms. The minimum absolute atomic E-state index is 0.225. The van der Waals surface area contributed by atoms with E-state index in [0.717, 1.165) is 24.0 Å². The summed E-state index contributed by atoms with van der Waals surface area (Å²) in [6, 6.07) is 11.7. The number of benzene rings is 2. The molecule has 1 saturated heterocycles. The Morgan fingerprint density at radius 2 is 1.93 bits per heavy atom. The number of aliphatic hydroxyl groups is 1. The lowest BCUT2D eigenvalue weighted by molar-refractivity contribution is 0.00466. The van der Waals surface area contributed by atoms with Gasteiger partial charge in [0.2, 0.25) is 0 Å². The second-order valence-corrected chi connectivity index (χ2v) is 6.57. The fourth-order valence-electron chi connectivity index (χ4n) is 3.16. The lowest BCUT2D eigenvalue weighted by Crippen LogP contribution is -2.42. The topological polar surface area (TPSA) is 68.0 Å². The molecule has 0 radical (unpaired) electrons. The first kappa shape index (κ1) is 17.9. The quantitative estimate of drug-likeness (QED) is 0.718. The minimum Gasteiger partial charge on any atom is -0.491 e. The van der Waals surface area contributed by atoms with Crippen molar-refractivity contribution in [2.45, 2.75) is 6.10 Å². The van der Waals surface area contributed by atoms with Crippen molar-refractivity contribution in [1.29, 1.82) is 0 Å². The van der Waals surface area contributed by atoms with Crippen molar-refractivity contribution < 1.29 is 23.5 Å². The van der Waals surface area contributed by atoms with Crippen LogP contribution in [-0.2, 0) is 4.74 Å². The molecule has 6 nitrogen and oxygen atoms in total. The van der Waals surface area contributed by atoms with Crippen LogP contribution in [0.2, 0.25) is 0 Å². The van der Waals surface area contributed by atoms with E-state index in [2.05, 4.69) is 10.1 Å². The van der Waals surface area contributed by atoms with Gasteiger partial charge in [0.1, 0.15) is 30.0 Å². The fraction of sp³-hybridized carbons (Fsp3) is 0.350. The van der Waals surface area contributed by atoms with E-state index in [4.69, 9.17) is 14.0 Å². The zero-order chi connectivity index (χ0) is 18.6. The van der Waals surface area contributed by atoms with Crippen LogP contribution in [-0.4, -0.2) is 60.7 Å². The first-order chi connectivity index (χ1) is 13.2. The highest BCUT2D eigenvalue weighted by molar-refractivity contribution is 5.91. The molecule has 1 aromatic heterocycles. The Morgan fingerprint density at radius 1 is 1.15 bits per heavy atom. The summed E-state index contributed by atoms with van der Waals surface area (Å²) in [6.45, 7) is 3.88. The molecule has 0 unspecified atom stereocenters. The van der Waals surface area contributed by atoms with Crippen LogP contribution in [0.5, 0.6) is 5.75 Å². The van der Waals surface area contributed by atoms with Gasteiger partial charge in [-0.25, -0.2) is 4.39 Å². The lowest BCUT2D eigenvalue weighted by Gasteiger charge is -2.28. The van der Waals surface area contributed by atoms with Gasteiger partial charge in [0.25, 0.3) is 0 Å². The number of β-amino-alcohol motifs (C(OH)–C–C–N with tert-alkyl or cyclic N) is 1. The standard InChI is InChI=1S/C20H21FN2O4/c21-15-3-6-18-19(11-15)27-22-20(18)14-1-4-17(5-2-14)26-13-16(24)12-23-7-9-25-10-8-23/h1-6,11,16,24H,7-10,12-13H2/t16-/m1/s1. The molecule has 4 rings (SSSR count). The number of halogens is 1. The Bertz CT molecular complexity index is 891. The van der Waals surface area contributed by atoms with Gasteiger partial charge < -0.3 is 19.1 Å². The van der Waals surface area contributed by atoms with Gasteiger partial charge >= 0.3 is 0 Å². The van der Waals surface area contributed by atoms with Crippen LogP contribution in [0.4, 0.5) is 4.39 Å². The molecule has 3 aromatic rings. The maximum Gasteiger partial charge on any atom is 0.170 e. The number of nitrogens with zero attached hydrogens (tertiary/aromatic N) is 2. The minimum atomic E-state index is -0.558. The average molecular weight is 372 g/mol. The first-order valence-electron chi connectivity index (χ1n) is 8.95. The Kier molecular flexibility index (Phi) is 5.33. The smallest absolute Gasteiger partial charge is 0.170 e. The molecule has 1 aliphatic rings. The van der Waals surface area contributed by atoms with Crippen LogP contribution in [0, 0.1) is 5.82 Å². The number of fused-ring (bicyclic) bond motifs is 1. The summed E-state index contributed by atoms with van der Waals surface area (Å²) in [5, 5.41) is 14.9. The molecule has 0 saturated carbocycles. The molecule has 0 amide bonds. The van der Waals surface area contributed by atoms with Crippen LogP contribution >= 0.6 is 0 Å². The molecule has 0 spiro atoms. The molecule has 1 N–H and O–H groups in total. The largest absolute Gasteiger partial charge is 0.491 e. The molecule has 142 valence electrons. The second kappa shape index (κ2) is 8.04. The average Bonchev–Trinajstić information content (AvgIpc) is 3.10. The number of aromatic nitrogens is 1. The van der Waals surface area contributed by atoms with Gasteiger partial charge in [-0.15, -0.1) is 0 Å². The lowest BCUT2D eigenvalue weighted by atomic mass is 10.1. The van der Waals surface area contributed by atoms with E-state index in [1.807, 2.05) is 24.3 Å². The molecule has 27 heavy (non-hydrogen) atoms. The Labute approximate surface area is 156 Å². The molecular formula is C20H21FN2O4. The molecule has 0 bridgehead atoms. The van der Waals surface area contributed by atoms with Crippen molar-refractivity contribution in [3.63, 3.8) is 0 Å². The van der Waals surface area contributed by atoms with Gasteiger partial charge in [-0.3, -0.25) is 4.90 Å². The Balaban J connectivity index is 1.37. The SMILES string of the molecule is O[C@@H](COc1ccc(-c2noc3cc(F)ccc23)cc1)CN1CCOCC1. The third kappa shape index (κ3) is 4.27. The van der Waals surface area contributed by atoms with Gasteiger partial charge in [-0.2, -0.15) is 0 Å². The Morgan fingerprint density at radius 3 is 2.70 bits per heavy atom. The normalized spacial score (nSPS) is 16.5. The van der Waals surface area contributed by atoms with Crippen molar-refractivity contribution in [3.8, 4) is 17.0 Å². The highest BCUT2D eigenvalue weighted by atomic mass is 19.1. The molecule has 2 heterocycles. The summed E-state index contributed by atoms with van der Waals surface area (Å²) < 4.78 is 29.4. The predicted octanol–water partition coefficient (Wildman–Crippen LogP) is 2.71. The number of hydrogen-bond acceptors (Lipinski definition) is 6. The molecule has 0 aliphatic carbocycles. The molecular weight excluding hydrogens is 351 g/mol. The van der Waals surface area contributed by atoms with Crippen molar-refractivity contribution in [1.82, 2.24) is 10.1 Å². The highest BCUT2D eigenvalue weighted by Crippen LogP contribution is 2.29. The second-order valence-electron chi connectivity index (χ2n) is 6.57. The highest BCUT2D eigenvalue weighted by Gasteiger charge is 2.16. The summed E-state index contributed by atoms with van der Waals surface area (Å²) in [5.74, 6) is 0.309. The van der Waals surface area contributed by atoms with E-state index < -0.39 is 6.10 Å². The summed E-state index contributed by atoms with van der Waals surface area (Å²) in [4.78, 5) is 2.17. The number of aliphatic hydroxyl groups excluding tert-OH is 1. The summed E-state index contributed by atoms with van der Waals surface area (Å²) in [5.41, 5.74) is 1.92. The van der Waals surface area contributed by atoms with Gasteiger partial charge in [-0.1, -0.05) is 5.16 Å². The van der Waals surface area contributed by atoms with Gasteiger partial charge in [0, 0.05) is 36.7 Å². The van der Waals surface area contributed by atoms with Crippen LogP contribution in [0.1, 0.15) is 0 Å². The third-order valence-corrected chi connectivity index (χ3v) is 4.58. The molecule has 2 aromatic carbocycles. The number of rotatable bonds is 6. The third-order valence-electron chi connectivity index (χ3n) is 4.58. The van der Waals surface area contributed by atoms with E-state index in [0.29, 0.717) is 36.8 Å². The zero-order valence-corrected chi connectivity index (χ0v) is 14.8. The fourth-order valence-corrected chi connectivity index (χ4v) is 3.16. The van der Waals surface area contributed by atoms with Gasteiger partial charge in [0.15, 0.2) is 5.58 Å². The van der Waals surface area contributed by atoms with Crippen LogP contribution < -0.4 is 4.74 Å². The van der Waals surface area contributed by atoms with Crippen molar-refractivity contribution in [2.75, 3.05) is 39.5 Å². The molecule has 1 fully saturated rings. The van der Waals surface area contributed by atoms with E-state index in [1.54, 1.807) is 6.07 Å². The van der Waals surface area contributed by atoms with Crippen molar-refractivity contribution in [3.05, 3.63) is 48.3 Å². The van der Waals surface area contributed by atoms with E-state index in [1.165, 1.54) is 12.1 Å². The van der Waals surface area contributed by atoms with Crippen molar-refractivity contribution >= 4 is 11.0 Å². The maximum absolute atomic E-state index is 13.3. The molecule has 1 aliphatic heterocycles. The summed E-state index contributed by atoms with van der Waals surface area (Å²) in [7, 11) is 0. The zero-order valence-electron chi connectivity index (χ0n) is 14.8. The monoisotopic (exact) mass is 372 g/mol. The maximum atomic E-state index is 13.3. The van der Waals surface area contributed by atoms with E-state index in [-0.39, 0.29) is 12.4 Å². The predicted molar refractivity (Wildman–Crippen MR) is 98.2 cm³/mol. The van der Waals surface area contributed by atoms with Gasteiger partial charge in [0.05, 0.1) is 13.2 Å². The van der Waals surface area contributed by atoms with Gasteiger partial charge in [-0.05, 0) is 36.4 Å². The van der Waals surface area contributed by atoms with Crippen LogP contribution in [0.3, 0.4) is 0 Å². The summed E-state index contributed by atoms with van der Waals surface area (Å²) >= 11 is 0. The van der Waals surface area contributed by atoms with E-state index in [9.17, 15) is 9.50 Å². The summed E-state index contributed by atoms with van der Waals surface area (Å²) in [6.07, 6.45) is -0.558. The number of hydrogen-bond donors (Lipinski definition) is 1. The van der Waals surface area contributed by atoms with Crippen LogP contribution in [0.25, 0.3) is 22.2 Å². The van der Waals surface area contributed by atoms with Crippen LogP contribution in [0.15, 0.2) is 47.0 Å². The van der Waals surface area contributed by atoms with E-state index >= 15 is 0 Å². The number of morpholine rings is 1. The number of ether oxygens (including phenoxy) is 2.